The highest BCUT2D eigenvalue weighted by molar-refractivity contribution is 8.46. The van der Waals surface area contributed by atoms with E-state index in [4.69, 9.17) is 0 Å². The first-order valence-corrected chi connectivity index (χ1v) is 13.3. The summed E-state index contributed by atoms with van der Waals surface area (Å²) < 4.78 is 136. The van der Waals surface area contributed by atoms with E-state index in [9.17, 15) is 52.7 Å². The van der Waals surface area contributed by atoms with Crippen molar-refractivity contribution in [3.8, 4) is 0 Å². The van der Waals surface area contributed by atoms with E-state index in [2.05, 4.69) is 0 Å². The average Bonchev–Trinajstić information content (AvgIpc) is 2.80. The third-order valence-electron chi connectivity index (χ3n) is 4.75. The number of rotatable bonds is 4. The molecule has 3 aromatic carbocycles. The van der Waals surface area contributed by atoms with Crippen molar-refractivity contribution in [3.05, 3.63) is 91.0 Å². The van der Waals surface area contributed by atoms with Gasteiger partial charge >= 0.3 is 24.2 Å². The number of benzene rings is 3. The van der Waals surface area contributed by atoms with Gasteiger partial charge in [0.2, 0.25) is 0 Å². The van der Waals surface area contributed by atoms with Crippen LogP contribution in [0.5, 0.6) is 0 Å². The first-order valence-electron chi connectivity index (χ1n) is 9.63. The number of hydrogen-bond acceptors (Lipinski definition) is 1. The smallest absolute Gasteiger partial charge is 0.312 e. The van der Waals surface area contributed by atoms with Crippen LogP contribution in [-0.2, 0) is 18.2 Å². The van der Waals surface area contributed by atoms with Crippen molar-refractivity contribution in [1.29, 1.82) is 0 Å². The molecule has 3 aromatic rings. The van der Waals surface area contributed by atoms with Gasteiger partial charge in [0, 0.05) is 0 Å². The zero-order valence-electron chi connectivity index (χ0n) is 17.7. The predicted octanol–water partition coefficient (Wildman–Crippen LogP) is 7.30. The Kier molecular flexibility index (Phi) is 8.90. The van der Waals surface area contributed by atoms with Gasteiger partial charge in [0.1, 0.15) is 0 Å². The van der Waals surface area contributed by atoms with Crippen LogP contribution in [0.2, 0.25) is 0 Å². The molecule has 1 unspecified atom stereocenters. The van der Waals surface area contributed by atoms with E-state index < -0.39 is 42.4 Å². The Bertz CT molecular complexity index is 1110. The fraction of sp³-hybridized carbons (Fsp3) is 0.182. The van der Waals surface area contributed by atoms with Gasteiger partial charge < -0.3 is 4.55 Å². The van der Waals surface area contributed by atoms with Crippen molar-refractivity contribution in [3.63, 3.8) is 0 Å². The van der Waals surface area contributed by atoms with Crippen LogP contribution in [0.3, 0.4) is 0 Å². The Labute approximate surface area is 201 Å². The average molecular weight is 568 g/mol. The molecule has 14 heteroatoms. The molecule has 0 aliphatic carbocycles. The van der Waals surface area contributed by atoms with Gasteiger partial charge in [-0.3, -0.25) is 0 Å². The van der Waals surface area contributed by atoms with E-state index in [1.807, 2.05) is 91.0 Å². The molecular formula is C22H18F10O2S2. The van der Waals surface area contributed by atoms with E-state index in [1.54, 1.807) is 0 Å². The minimum Gasteiger partial charge on any atom is -0.312 e. The summed E-state index contributed by atoms with van der Waals surface area (Å²) in [6, 6.07) is 29.1. The minimum absolute atomic E-state index is 0.927. The minimum atomic E-state index is -7.14. The first kappa shape index (κ1) is 29.6. The molecule has 1 atom stereocenters. The summed E-state index contributed by atoms with van der Waals surface area (Å²) in [5.41, 5.74) is 0. The molecule has 2 nitrogen and oxygen atoms in total. The monoisotopic (exact) mass is 568 g/mol. The highest BCUT2D eigenvalue weighted by atomic mass is 32.9. The van der Waals surface area contributed by atoms with Gasteiger partial charge in [0.25, 0.3) is 0 Å². The van der Waals surface area contributed by atoms with Crippen LogP contribution in [0, 0.1) is 0 Å². The predicted molar refractivity (Wildman–Crippen MR) is 117 cm³/mol. The van der Waals surface area contributed by atoms with E-state index in [-0.39, 0.29) is 0 Å². The maximum Gasteiger partial charge on any atom is 0.460 e. The fourth-order valence-corrected chi connectivity index (χ4v) is 9.31. The van der Waals surface area contributed by atoms with Gasteiger partial charge in [-0.1, -0.05) is 54.6 Å². The molecule has 36 heavy (non-hydrogen) atoms. The Balaban J connectivity index is 0.000000284. The summed E-state index contributed by atoms with van der Waals surface area (Å²) in [6.45, 7) is 0. The summed E-state index contributed by atoms with van der Waals surface area (Å²) in [4.78, 5) is 2.78. The molecule has 0 fully saturated rings. The van der Waals surface area contributed by atoms with E-state index in [0.717, 1.165) is 14.7 Å². The summed E-state index contributed by atoms with van der Waals surface area (Å²) in [6.07, 6.45) is -13.9. The molecule has 1 N–H and O–H groups in total. The fourth-order valence-electron chi connectivity index (χ4n) is 3.03. The van der Waals surface area contributed by atoms with Crippen molar-refractivity contribution in [2.45, 2.75) is 38.9 Å². The van der Waals surface area contributed by atoms with Crippen LogP contribution in [0.4, 0.5) is 43.9 Å². The van der Waals surface area contributed by atoms with Crippen LogP contribution >= 0.6 is 0 Å². The maximum atomic E-state index is 12.6. The zero-order chi connectivity index (χ0) is 27.4. The van der Waals surface area contributed by atoms with Gasteiger partial charge in [-0.15, -0.1) is 8.59 Å². The highest BCUT2D eigenvalue weighted by Crippen LogP contribution is 2.53. The normalized spacial score (nSPS) is 14.4. The van der Waals surface area contributed by atoms with Crippen molar-refractivity contribution in [2.75, 3.05) is 0 Å². The lowest BCUT2D eigenvalue weighted by molar-refractivity contribution is -0.419. The van der Waals surface area contributed by atoms with Gasteiger partial charge in [-0.05, 0) is 51.1 Å². The molecule has 0 aliphatic heterocycles. The summed E-state index contributed by atoms with van der Waals surface area (Å²) in [5, 5.41) is 0. The van der Waals surface area contributed by atoms with Crippen molar-refractivity contribution >= 4 is 18.2 Å². The first-order chi connectivity index (χ1) is 16.5. The number of alkyl halides is 10. The molecule has 0 aromatic heterocycles. The number of halogens is 10. The molecule has 0 radical (unpaired) electrons. The van der Waals surface area contributed by atoms with Crippen LogP contribution < -0.4 is 0 Å². The molecule has 200 valence electrons. The van der Waals surface area contributed by atoms with Crippen LogP contribution in [0.25, 0.3) is 0 Å². The molecule has 0 saturated carbocycles. The number of hydrogen-bond donors (Lipinski definition) is 3. The summed E-state index contributed by atoms with van der Waals surface area (Å²) in [5.74, 6) is -14.3. The van der Waals surface area contributed by atoms with E-state index in [1.165, 1.54) is 0 Å². The topological polar surface area (TPSA) is 37.3 Å². The van der Waals surface area contributed by atoms with Crippen molar-refractivity contribution in [1.82, 2.24) is 0 Å². The van der Waals surface area contributed by atoms with Gasteiger partial charge in [0.05, 0.1) is 9.64 Å². The van der Waals surface area contributed by atoms with Crippen molar-refractivity contribution in [2.24, 2.45) is 0 Å². The number of thiol groups is 2. The maximum absolute atomic E-state index is 12.6. The molecule has 3 rings (SSSR count). The molecule has 0 spiro atoms. The largest absolute Gasteiger partial charge is 0.460 e. The third kappa shape index (κ3) is 5.54. The SMILES string of the molecule is FC(F)(F)C(F)(F)C(F)(F)C(F)(F)F.O=[SH](O)=[SH](c1ccccc1)(c1ccccc1)c1ccccc1. The Morgan fingerprint density at radius 1 is 0.500 bits per heavy atom. The van der Waals surface area contributed by atoms with Gasteiger partial charge in [0.15, 0.2) is 0 Å². The second kappa shape index (κ2) is 10.8. The lowest BCUT2D eigenvalue weighted by Crippen LogP contribution is -2.59. The third-order valence-corrected chi connectivity index (χ3v) is 12.0. The Morgan fingerprint density at radius 3 is 0.889 bits per heavy atom. The second-order valence-corrected chi connectivity index (χ2v) is 13.2. The molecular weight excluding hydrogens is 550 g/mol. The van der Waals surface area contributed by atoms with Gasteiger partial charge in [-0.25, -0.2) is 4.21 Å². The Morgan fingerprint density at radius 2 is 0.722 bits per heavy atom. The summed E-state index contributed by atoms with van der Waals surface area (Å²) >= 11 is 0. The molecule has 0 heterocycles. The summed E-state index contributed by atoms with van der Waals surface area (Å²) in [7, 11) is -4.98. The molecule has 0 amide bonds. The van der Waals surface area contributed by atoms with Crippen LogP contribution in [0.15, 0.2) is 106 Å². The molecule has 0 bridgehead atoms. The molecule has 0 saturated heterocycles. The quantitative estimate of drug-likeness (QED) is 0.228. The lowest BCUT2D eigenvalue weighted by Gasteiger charge is -2.31. The van der Waals surface area contributed by atoms with E-state index in [0.29, 0.717) is 0 Å². The van der Waals surface area contributed by atoms with Gasteiger partial charge in [-0.2, -0.15) is 43.9 Å². The highest BCUT2D eigenvalue weighted by Gasteiger charge is 2.82. The Hall–Kier alpha value is -2.58. The van der Waals surface area contributed by atoms with Crippen LogP contribution in [-0.4, -0.2) is 33.0 Å². The van der Waals surface area contributed by atoms with E-state index >= 15 is 0 Å². The molecule has 0 aliphatic rings. The lowest BCUT2D eigenvalue weighted by atomic mass is 10.1. The second-order valence-electron chi connectivity index (χ2n) is 7.04. The van der Waals surface area contributed by atoms with Crippen LogP contribution in [0.1, 0.15) is 0 Å². The zero-order valence-corrected chi connectivity index (χ0v) is 19.5. The van der Waals surface area contributed by atoms with Crippen molar-refractivity contribution < 1.29 is 52.7 Å². The standard InChI is InChI=1S/C18H18O2S2.C4F10/c19-21(20)22(16-10-4-1-5-11-16,17-12-6-2-7-13-17)18-14-8-3-9-15-18;5-1(6,3(9,10)11)2(7,8)4(12,13)14/h1-15,21-22H,(H,19,20);.